The summed E-state index contributed by atoms with van der Waals surface area (Å²) < 4.78 is 32.7. The van der Waals surface area contributed by atoms with Crippen LogP contribution >= 0.6 is 0 Å². The Kier molecular flexibility index (Phi) is 5.08. The molecule has 7 heteroatoms. The highest BCUT2D eigenvalue weighted by molar-refractivity contribution is 7.89. The van der Waals surface area contributed by atoms with E-state index in [2.05, 4.69) is 4.72 Å². The van der Waals surface area contributed by atoms with Gasteiger partial charge in [-0.2, -0.15) is 0 Å². The number of anilines is 1. The molecule has 0 radical (unpaired) electrons. The van der Waals surface area contributed by atoms with Crippen LogP contribution in [0.25, 0.3) is 0 Å². The maximum Gasteiger partial charge on any atom is 0.244 e. The van der Waals surface area contributed by atoms with Gasteiger partial charge in [0.1, 0.15) is 10.6 Å². The number of methoxy groups -OCH3 is 1. The first-order chi connectivity index (χ1) is 9.94. The van der Waals surface area contributed by atoms with E-state index in [0.29, 0.717) is 18.5 Å². The third-order valence-corrected chi connectivity index (χ3v) is 5.29. The summed E-state index contributed by atoms with van der Waals surface area (Å²) >= 11 is 0. The summed E-state index contributed by atoms with van der Waals surface area (Å²) in [5, 5.41) is 10.1. The van der Waals surface area contributed by atoms with Crippen molar-refractivity contribution in [2.75, 3.05) is 12.8 Å². The van der Waals surface area contributed by atoms with Crippen LogP contribution in [0.4, 0.5) is 5.69 Å². The average Bonchev–Trinajstić information content (AvgIpc) is 2.63. The van der Waals surface area contributed by atoms with E-state index < -0.39 is 22.2 Å². The Balaban J connectivity index is 2.25. The van der Waals surface area contributed by atoms with E-state index >= 15 is 0 Å². The minimum Gasteiger partial charge on any atom is -0.495 e. The molecule has 0 heterocycles. The fourth-order valence-electron chi connectivity index (χ4n) is 2.59. The number of nitrogens with two attached hydrogens (primary N) is 1. The molecule has 0 aromatic heterocycles. The number of benzene rings is 1. The molecule has 0 amide bonds. The number of nitrogen functional groups attached to an aromatic ring is 1. The van der Waals surface area contributed by atoms with Gasteiger partial charge in [0.15, 0.2) is 0 Å². The molecule has 21 heavy (non-hydrogen) atoms. The summed E-state index contributed by atoms with van der Waals surface area (Å²) in [6.07, 6.45) is 3.44. The van der Waals surface area contributed by atoms with Gasteiger partial charge in [-0.25, -0.2) is 13.1 Å². The van der Waals surface area contributed by atoms with E-state index in [-0.39, 0.29) is 10.6 Å². The molecule has 118 valence electrons. The summed E-state index contributed by atoms with van der Waals surface area (Å²) in [5.74, 6) is 0.200. The van der Waals surface area contributed by atoms with Gasteiger partial charge in [0, 0.05) is 17.8 Å². The van der Waals surface area contributed by atoms with Crippen LogP contribution in [0, 0.1) is 0 Å². The molecule has 0 saturated heterocycles. The second-order valence-electron chi connectivity index (χ2n) is 5.34. The molecule has 2 rings (SSSR count). The zero-order valence-electron chi connectivity index (χ0n) is 12.1. The molecule has 2 atom stereocenters. The van der Waals surface area contributed by atoms with Crippen LogP contribution in [0.15, 0.2) is 23.1 Å². The van der Waals surface area contributed by atoms with Crippen LogP contribution in [0.5, 0.6) is 5.75 Å². The van der Waals surface area contributed by atoms with Gasteiger partial charge in [0.2, 0.25) is 10.0 Å². The zero-order chi connectivity index (χ0) is 15.5. The second-order valence-corrected chi connectivity index (χ2v) is 7.03. The highest BCUT2D eigenvalue weighted by Crippen LogP contribution is 2.27. The summed E-state index contributed by atoms with van der Waals surface area (Å²) in [7, 11) is -2.36. The number of hydrogen-bond donors (Lipinski definition) is 3. The van der Waals surface area contributed by atoms with E-state index in [1.54, 1.807) is 0 Å². The molecule has 0 aliphatic heterocycles. The van der Waals surface area contributed by atoms with Gasteiger partial charge in [-0.15, -0.1) is 0 Å². The van der Waals surface area contributed by atoms with Crippen LogP contribution < -0.4 is 15.2 Å². The molecule has 2 unspecified atom stereocenters. The number of aliphatic hydroxyl groups is 1. The molecular weight excluding hydrogens is 292 g/mol. The van der Waals surface area contributed by atoms with Crippen molar-refractivity contribution in [3.8, 4) is 5.75 Å². The first kappa shape index (κ1) is 16.1. The molecule has 1 aromatic carbocycles. The Hall–Kier alpha value is -1.31. The van der Waals surface area contributed by atoms with Crippen molar-refractivity contribution in [1.82, 2.24) is 4.72 Å². The third kappa shape index (κ3) is 3.87. The molecule has 1 fully saturated rings. The standard InChI is InChI=1S/C14H22N2O4S/c1-20-13-9-10(15)7-8-14(13)21(18,19)16-11-5-3-2-4-6-12(11)17/h7-9,11-12,16-17H,2-6,15H2,1H3. The van der Waals surface area contributed by atoms with Crippen LogP contribution in [0.2, 0.25) is 0 Å². The maximum absolute atomic E-state index is 12.5. The monoisotopic (exact) mass is 314 g/mol. The van der Waals surface area contributed by atoms with Crippen LogP contribution in [-0.4, -0.2) is 32.8 Å². The number of ether oxygens (including phenoxy) is 1. The summed E-state index contributed by atoms with van der Waals surface area (Å²) in [6, 6.07) is 3.94. The Labute approximate surface area is 125 Å². The smallest absolute Gasteiger partial charge is 0.244 e. The Bertz CT molecular complexity index is 589. The van der Waals surface area contributed by atoms with Crippen LogP contribution in [-0.2, 0) is 10.0 Å². The fraction of sp³-hybridized carbons (Fsp3) is 0.571. The molecule has 4 N–H and O–H groups in total. The van der Waals surface area contributed by atoms with Crippen LogP contribution in [0.3, 0.4) is 0 Å². The van der Waals surface area contributed by atoms with Gasteiger partial charge in [0.25, 0.3) is 0 Å². The van der Waals surface area contributed by atoms with Crippen LogP contribution in [0.1, 0.15) is 32.1 Å². The predicted molar refractivity (Wildman–Crippen MR) is 80.6 cm³/mol. The number of aliphatic hydroxyl groups excluding tert-OH is 1. The van der Waals surface area contributed by atoms with Crippen molar-refractivity contribution < 1.29 is 18.3 Å². The summed E-state index contributed by atoms with van der Waals surface area (Å²) in [6.45, 7) is 0. The average molecular weight is 314 g/mol. The minimum absolute atomic E-state index is 0.0376. The predicted octanol–water partition coefficient (Wildman–Crippen LogP) is 1.25. The van der Waals surface area contributed by atoms with Crippen molar-refractivity contribution in [3.63, 3.8) is 0 Å². The van der Waals surface area contributed by atoms with Crippen molar-refractivity contribution >= 4 is 15.7 Å². The zero-order valence-corrected chi connectivity index (χ0v) is 12.9. The Morgan fingerprint density at radius 1 is 1.29 bits per heavy atom. The van der Waals surface area contributed by atoms with Gasteiger partial charge in [0.05, 0.1) is 13.2 Å². The first-order valence-electron chi connectivity index (χ1n) is 7.08. The first-order valence-corrected chi connectivity index (χ1v) is 8.56. The highest BCUT2D eigenvalue weighted by atomic mass is 32.2. The SMILES string of the molecule is COc1cc(N)ccc1S(=O)(=O)NC1CCCCCC1O. The minimum atomic E-state index is -3.76. The third-order valence-electron chi connectivity index (χ3n) is 3.76. The van der Waals surface area contributed by atoms with E-state index in [4.69, 9.17) is 10.5 Å². The van der Waals surface area contributed by atoms with Gasteiger partial charge >= 0.3 is 0 Å². The normalized spacial score (nSPS) is 23.5. The number of sulfonamides is 1. The molecule has 0 bridgehead atoms. The van der Waals surface area contributed by atoms with E-state index in [9.17, 15) is 13.5 Å². The van der Waals surface area contributed by atoms with Crippen molar-refractivity contribution in [2.24, 2.45) is 0 Å². The Morgan fingerprint density at radius 2 is 2.00 bits per heavy atom. The second kappa shape index (κ2) is 6.64. The lowest BCUT2D eigenvalue weighted by Gasteiger charge is -2.22. The number of hydrogen-bond acceptors (Lipinski definition) is 5. The number of nitrogens with one attached hydrogen (secondary N) is 1. The van der Waals surface area contributed by atoms with E-state index in [1.165, 1.54) is 25.3 Å². The highest BCUT2D eigenvalue weighted by Gasteiger charge is 2.28. The lowest BCUT2D eigenvalue weighted by atomic mass is 10.1. The molecule has 0 spiro atoms. The van der Waals surface area contributed by atoms with E-state index in [0.717, 1.165) is 19.3 Å². The van der Waals surface area contributed by atoms with E-state index in [1.807, 2.05) is 0 Å². The summed E-state index contributed by atoms with van der Waals surface area (Å²) in [4.78, 5) is 0.0376. The van der Waals surface area contributed by atoms with Gasteiger partial charge < -0.3 is 15.6 Å². The molecule has 1 aliphatic rings. The lowest BCUT2D eigenvalue weighted by molar-refractivity contribution is 0.130. The number of rotatable bonds is 4. The van der Waals surface area contributed by atoms with Crippen molar-refractivity contribution in [1.29, 1.82) is 0 Å². The molecule has 1 saturated carbocycles. The quantitative estimate of drug-likeness (QED) is 0.573. The fourth-order valence-corrected chi connectivity index (χ4v) is 4.05. The molecule has 6 nitrogen and oxygen atoms in total. The van der Waals surface area contributed by atoms with Gasteiger partial charge in [-0.05, 0) is 25.0 Å². The van der Waals surface area contributed by atoms with Gasteiger partial charge in [-0.1, -0.05) is 19.3 Å². The molecule has 1 aromatic rings. The summed E-state index contributed by atoms with van der Waals surface area (Å²) in [5.41, 5.74) is 6.07. The van der Waals surface area contributed by atoms with Crippen molar-refractivity contribution in [2.45, 2.75) is 49.1 Å². The van der Waals surface area contributed by atoms with Gasteiger partial charge in [-0.3, -0.25) is 0 Å². The van der Waals surface area contributed by atoms with Crippen molar-refractivity contribution in [3.05, 3.63) is 18.2 Å². The Morgan fingerprint density at radius 3 is 2.71 bits per heavy atom. The topological polar surface area (TPSA) is 102 Å². The largest absolute Gasteiger partial charge is 0.495 e. The lowest BCUT2D eigenvalue weighted by Crippen LogP contribution is -2.42. The maximum atomic E-state index is 12.5. The molecular formula is C14H22N2O4S. The molecule has 1 aliphatic carbocycles.